The molecule has 0 fully saturated rings. The van der Waals surface area contributed by atoms with Crippen molar-refractivity contribution < 1.29 is 9.47 Å². The normalized spacial score (nSPS) is 13.5. The summed E-state index contributed by atoms with van der Waals surface area (Å²) in [5.41, 5.74) is 1.90. The molecular weight excluding hydrogens is 178 g/mol. The largest absolute Gasteiger partial charge is 0.486 e. The summed E-state index contributed by atoms with van der Waals surface area (Å²) in [6.07, 6.45) is 0. The second-order valence-corrected chi connectivity index (χ2v) is 3.09. The van der Waals surface area contributed by atoms with Crippen LogP contribution in [0.3, 0.4) is 0 Å². The lowest BCUT2D eigenvalue weighted by molar-refractivity contribution is 0.171. The third-order valence-corrected chi connectivity index (χ3v) is 2.19. The minimum absolute atomic E-state index is 0.614. The minimum Gasteiger partial charge on any atom is -0.486 e. The number of nitrogens with one attached hydrogen (secondary N) is 1. The van der Waals surface area contributed by atoms with Crippen molar-refractivity contribution >= 4 is 5.70 Å². The van der Waals surface area contributed by atoms with E-state index in [1.165, 1.54) is 0 Å². The molecule has 1 heterocycles. The topological polar surface area (TPSA) is 30.5 Å². The van der Waals surface area contributed by atoms with Crippen LogP contribution in [0.25, 0.3) is 5.70 Å². The summed E-state index contributed by atoms with van der Waals surface area (Å²) >= 11 is 0. The molecule has 14 heavy (non-hydrogen) atoms. The molecule has 0 aromatic heterocycles. The van der Waals surface area contributed by atoms with Gasteiger partial charge >= 0.3 is 0 Å². The summed E-state index contributed by atoms with van der Waals surface area (Å²) in [5.74, 6) is 1.61. The van der Waals surface area contributed by atoms with Crippen molar-refractivity contribution in [2.45, 2.75) is 0 Å². The Morgan fingerprint density at radius 3 is 2.71 bits per heavy atom. The van der Waals surface area contributed by atoms with Gasteiger partial charge in [-0.1, -0.05) is 6.58 Å². The first-order valence-electron chi connectivity index (χ1n) is 4.58. The Morgan fingerprint density at radius 2 is 2.00 bits per heavy atom. The average Bonchev–Trinajstić information content (AvgIpc) is 2.27. The fourth-order valence-corrected chi connectivity index (χ4v) is 1.38. The quantitative estimate of drug-likeness (QED) is 0.771. The smallest absolute Gasteiger partial charge is 0.162 e. The standard InChI is InChI=1S/C11H13NO2/c1-8(12-2)9-3-4-10-11(7-9)14-6-5-13-10/h3-4,7,12H,1,5-6H2,2H3. The molecule has 2 rings (SSSR count). The van der Waals surface area contributed by atoms with Gasteiger partial charge in [-0.2, -0.15) is 0 Å². The third kappa shape index (κ3) is 1.53. The molecule has 1 N–H and O–H groups in total. The maximum Gasteiger partial charge on any atom is 0.162 e. The summed E-state index contributed by atoms with van der Waals surface area (Å²) in [6, 6.07) is 5.81. The Labute approximate surface area is 83.3 Å². The molecule has 1 aliphatic heterocycles. The molecule has 3 heteroatoms. The van der Waals surface area contributed by atoms with Gasteiger partial charge in [0.1, 0.15) is 13.2 Å². The molecule has 1 aliphatic rings. The molecule has 0 aliphatic carbocycles. The van der Waals surface area contributed by atoms with Crippen LogP contribution >= 0.6 is 0 Å². The fourth-order valence-electron chi connectivity index (χ4n) is 1.38. The molecule has 1 aromatic carbocycles. The first kappa shape index (κ1) is 8.94. The van der Waals surface area contributed by atoms with Gasteiger partial charge in [0, 0.05) is 18.3 Å². The van der Waals surface area contributed by atoms with Crippen molar-refractivity contribution in [1.82, 2.24) is 5.32 Å². The summed E-state index contributed by atoms with van der Waals surface area (Å²) in [6.45, 7) is 5.12. The van der Waals surface area contributed by atoms with E-state index >= 15 is 0 Å². The first-order valence-corrected chi connectivity index (χ1v) is 4.58. The minimum atomic E-state index is 0.614. The Hall–Kier alpha value is -1.64. The molecule has 3 nitrogen and oxygen atoms in total. The Kier molecular flexibility index (Phi) is 2.31. The van der Waals surface area contributed by atoms with E-state index in [-0.39, 0.29) is 0 Å². The van der Waals surface area contributed by atoms with Crippen molar-refractivity contribution in [2.24, 2.45) is 0 Å². The van der Waals surface area contributed by atoms with Crippen molar-refractivity contribution in [3.63, 3.8) is 0 Å². The summed E-state index contributed by atoms with van der Waals surface area (Å²) in [5, 5.41) is 3.00. The number of rotatable bonds is 2. The molecule has 0 atom stereocenters. The van der Waals surface area contributed by atoms with Crippen molar-refractivity contribution in [3.05, 3.63) is 30.3 Å². The molecular formula is C11H13NO2. The number of hydrogen-bond acceptors (Lipinski definition) is 3. The van der Waals surface area contributed by atoms with Gasteiger partial charge in [0.25, 0.3) is 0 Å². The van der Waals surface area contributed by atoms with Crippen LogP contribution in [-0.4, -0.2) is 20.3 Å². The van der Waals surface area contributed by atoms with E-state index < -0.39 is 0 Å². The molecule has 0 spiro atoms. The fraction of sp³-hybridized carbons (Fsp3) is 0.273. The highest BCUT2D eigenvalue weighted by Gasteiger charge is 2.11. The molecule has 1 aromatic rings. The van der Waals surface area contributed by atoms with Gasteiger partial charge in [-0.3, -0.25) is 0 Å². The van der Waals surface area contributed by atoms with Gasteiger partial charge in [0.05, 0.1) is 0 Å². The molecule has 0 bridgehead atoms. The van der Waals surface area contributed by atoms with E-state index in [1.807, 2.05) is 25.2 Å². The second-order valence-electron chi connectivity index (χ2n) is 3.09. The zero-order valence-corrected chi connectivity index (χ0v) is 8.17. The van der Waals surface area contributed by atoms with E-state index in [0.29, 0.717) is 13.2 Å². The van der Waals surface area contributed by atoms with Crippen molar-refractivity contribution in [3.8, 4) is 11.5 Å². The SMILES string of the molecule is C=C(NC)c1ccc2c(c1)OCCO2. The summed E-state index contributed by atoms with van der Waals surface area (Å²) in [7, 11) is 1.85. The van der Waals surface area contributed by atoms with Gasteiger partial charge in [-0.25, -0.2) is 0 Å². The first-order chi connectivity index (χ1) is 6.81. The molecule has 0 amide bonds. The van der Waals surface area contributed by atoms with Crippen molar-refractivity contribution in [1.29, 1.82) is 0 Å². The Balaban J connectivity index is 2.33. The highest BCUT2D eigenvalue weighted by molar-refractivity contribution is 5.64. The van der Waals surface area contributed by atoms with Gasteiger partial charge in [0.2, 0.25) is 0 Å². The van der Waals surface area contributed by atoms with Crippen LogP contribution in [0.2, 0.25) is 0 Å². The lowest BCUT2D eigenvalue weighted by atomic mass is 10.1. The maximum absolute atomic E-state index is 5.46. The van der Waals surface area contributed by atoms with E-state index in [2.05, 4.69) is 11.9 Å². The molecule has 0 saturated heterocycles. The van der Waals surface area contributed by atoms with Crippen LogP contribution in [0.1, 0.15) is 5.56 Å². The van der Waals surface area contributed by atoms with Crippen molar-refractivity contribution in [2.75, 3.05) is 20.3 Å². The molecule has 0 unspecified atom stereocenters. The van der Waals surface area contributed by atoms with E-state index in [4.69, 9.17) is 9.47 Å². The van der Waals surface area contributed by atoms with Crippen LogP contribution in [0.15, 0.2) is 24.8 Å². The zero-order valence-electron chi connectivity index (χ0n) is 8.17. The van der Waals surface area contributed by atoms with E-state index in [1.54, 1.807) is 0 Å². The second kappa shape index (κ2) is 3.62. The van der Waals surface area contributed by atoms with Gasteiger partial charge in [0.15, 0.2) is 11.5 Å². The Bertz CT molecular complexity index is 360. The lowest BCUT2D eigenvalue weighted by Gasteiger charge is -2.19. The van der Waals surface area contributed by atoms with Gasteiger partial charge in [-0.15, -0.1) is 0 Å². The maximum atomic E-state index is 5.46. The van der Waals surface area contributed by atoms with Gasteiger partial charge in [-0.05, 0) is 18.2 Å². The monoisotopic (exact) mass is 191 g/mol. The highest BCUT2D eigenvalue weighted by Crippen LogP contribution is 2.31. The molecule has 74 valence electrons. The van der Waals surface area contributed by atoms with Crippen LogP contribution in [0.4, 0.5) is 0 Å². The number of ether oxygens (including phenoxy) is 2. The molecule has 0 radical (unpaired) electrons. The van der Waals surface area contributed by atoms with E-state index in [9.17, 15) is 0 Å². The zero-order chi connectivity index (χ0) is 9.97. The average molecular weight is 191 g/mol. The lowest BCUT2D eigenvalue weighted by Crippen LogP contribution is -2.15. The van der Waals surface area contributed by atoms with Gasteiger partial charge < -0.3 is 14.8 Å². The third-order valence-electron chi connectivity index (χ3n) is 2.19. The summed E-state index contributed by atoms with van der Waals surface area (Å²) in [4.78, 5) is 0. The van der Waals surface area contributed by atoms with Crippen LogP contribution < -0.4 is 14.8 Å². The highest BCUT2D eigenvalue weighted by atomic mass is 16.6. The van der Waals surface area contributed by atoms with Crippen LogP contribution in [-0.2, 0) is 0 Å². The molecule has 0 saturated carbocycles. The predicted molar refractivity (Wildman–Crippen MR) is 55.5 cm³/mol. The van der Waals surface area contributed by atoms with Crippen LogP contribution in [0.5, 0.6) is 11.5 Å². The summed E-state index contributed by atoms with van der Waals surface area (Å²) < 4.78 is 10.9. The number of benzene rings is 1. The number of fused-ring (bicyclic) bond motifs is 1. The predicted octanol–water partition coefficient (Wildman–Crippen LogP) is 1.65. The van der Waals surface area contributed by atoms with Crippen LogP contribution in [0, 0.1) is 0 Å². The Morgan fingerprint density at radius 1 is 1.29 bits per heavy atom. The number of hydrogen-bond donors (Lipinski definition) is 1. The van der Waals surface area contributed by atoms with E-state index in [0.717, 1.165) is 22.8 Å².